The van der Waals surface area contributed by atoms with Gasteiger partial charge in [-0.2, -0.15) is 5.10 Å². The monoisotopic (exact) mass is 179 g/mol. The van der Waals surface area contributed by atoms with Gasteiger partial charge in [0.1, 0.15) is 5.82 Å². The van der Waals surface area contributed by atoms with Gasteiger partial charge in [-0.3, -0.25) is 5.10 Å². The van der Waals surface area contributed by atoms with Gasteiger partial charge in [0.25, 0.3) is 0 Å². The predicted molar refractivity (Wildman–Crippen MR) is 53.6 cm³/mol. The minimum Gasteiger partial charge on any atom is -0.382 e. The van der Waals surface area contributed by atoms with Crippen LogP contribution in [0.3, 0.4) is 0 Å². The summed E-state index contributed by atoms with van der Waals surface area (Å²) in [5, 5.41) is 7.18. The summed E-state index contributed by atoms with van der Waals surface area (Å²) in [4.78, 5) is 0. The van der Waals surface area contributed by atoms with Gasteiger partial charge in [-0.25, -0.2) is 0 Å². The standard InChI is InChI=1S/C10H17N3/c1-2-8-9(12-13-10(8)11)7-5-3-4-6-7/h7H,2-6H2,1H3,(H3,11,12,13). The summed E-state index contributed by atoms with van der Waals surface area (Å²) in [5.41, 5.74) is 8.32. The molecule has 1 saturated carbocycles. The number of nitrogens with zero attached hydrogens (tertiary/aromatic N) is 1. The second-order valence-corrected chi connectivity index (χ2v) is 3.84. The summed E-state index contributed by atoms with van der Waals surface area (Å²) in [6, 6.07) is 0. The summed E-state index contributed by atoms with van der Waals surface area (Å²) < 4.78 is 0. The molecule has 72 valence electrons. The van der Waals surface area contributed by atoms with Gasteiger partial charge in [0, 0.05) is 17.2 Å². The fraction of sp³-hybridized carbons (Fsp3) is 0.700. The smallest absolute Gasteiger partial charge is 0.148 e. The van der Waals surface area contributed by atoms with Crippen LogP contribution in [0.2, 0.25) is 0 Å². The van der Waals surface area contributed by atoms with Crippen molar-refractivity contribution in [2.45, 2.75) is 44.9 Å². The van der Waals surface area contributed by atoms with Gasteiger partial charge in [-0.15, -0.1) is 0 Å². The van der Waals surface area contributed by atoms with Crippen molar-refractivity contribution in [3.8, 4) is 0 Å². The van der Waals surface area contributed by atoms with Gasteiger partial charge >= 0.3 is 0 Å². The van der Waals surface area contributed by atoms with E-state index in [1.165, 1.54) is 36.9 Å². The Labute approximate surface area is 78.7 Å². The summed E-state index contributed by atoms with van der Waals surface area (Å²) in [7, 11) is 0. The third kappa shape index (κ3) is 1.43. The van der Waals surface area contributed by atoms with E-state index in [2.05, 4.69) is 17.1 Å². The lowest BCUT2D eigenvalue weighted by Gasteiger charge is -2.08. The summed E-state index contributed by atoms with van der Waals surface area (Å²) >= 11 is 0. The van der Waals surface area contributed by atoms with Crippen LogP contribution in [0.15, 0.2) is 0 Å². The first-order chi connectivity index (χ1) is 6.33. The van der Waals surface area contributed by atoms with E-state index in [9.17, 15) is 0 Å². The molecule has 1 heterocycles. The molecule has 0 radical (unpaired) electrons. The van der Waals surface area contributed by atoms with Crippen molar-refractivity contribution in [2.75, 3.05) is 5.73 Å². The van der Waals surface area contributed by atoms with Crippen LogP contribution in [0.25, 0.3) is 0 Å². The van der Waals surface area contributed by atoms with E-state index in [4.69, 9.17) is 5.73 Å². The molecule has 0 amide bonds. The molecular formula is C10H17N3. The number of nitrogens with two attached hydrogens (primary N) is 1. The first-order valence-electron chi connectivity index (χ1n) is 5.15. The zero-order valence-electron chi connectivity index (χ0n) is 8.14. The van der Waals surface area contributed by atoms with Crippen LogP contribution in [0.4, 0.5) is 5.82 Å². The van der Waals surface area contributed by atoms with Crippen molar-refractivity contribution in [3.05, 3.63) is 11.3 Å². The molecule has 1 aliphatic carbocycles. The van der Waals surface area contributed by atoms with E-state index < -0.39 is 0 Å². The second-order valence-electron chi connectivity index (χ2n) is 3.84. The number of nitrogens with one attached hydrogen (secondary N) is 1. The Hall–Kier alpha value is -0.990. The van der Waals surface area contributed by atoms with Crippen LogP contribution in [-0.2, 0) is 6.42 Å². The molecule has 0 aromatic carbocycles. The maximum Gasteiger partial charge on any atom is 0.148 e. The molecule has 13 heavy (non-hydrogen) atoms. The normalized spacial score (nSPS) is 18.2. The summed E-state index contributed by atoms with van der Waals surface area (Å²) in [5.74, 6) is 1.39. The van der Waals surface area contributed by atoms with E-state index in [0.717, 1.165) is 6.42 Å². The highest BCUT2D eigenvalue weighted by Gasteiger charge is 2.22. The van der Waals surface area contributed by atoms with E-state index in [1.807, 2.05) is 0 Å². The third-order valence-electron chi connectivity index (χ3n) is 3.05. The highest BCUT2D eigenvalue weighted by molar-refractivity contribution is 5.43. The maximum absolute atomic E-state index is 5.78. The van der Waals surface area contributed by atoms with Crippen molar-refractivity contribution in [1.82, 2.24) is 10.2 Å². The first kappa shape index (κ1) is 8.60. The third-order valence-corrected chi connectivity index (χ3v) is 3.05. The van der Waals surface area contributed by atoms with Gasteiger partial charge in [0.05, 0.1) is 0 Å². The Morgan fingerprint density at radius 3 is 2.77 bits per heavy atom. The van der Waals surface area contributed by atoms with E-state index in [-0.39, 0.29) is 0 Å². The predicted octanol–water partition coefficient (Wildman–Crippen LogP) is 2.21. The number of nitrogen functional groups attached to an aromatic ring is 1. The lowest BCUT2D eigenvalue weighted by atomic mass is 9.99. The van der Waals surface area contributed by atoms with Crippen LogP contribution >= 0.6 is 0 Å². The van der Waals surface area contributed by atoms with Gasteiger partial charge in [0.15, 0.2) is 0 Å². The summed E-state index contributed by atoms with van der Waals surface area (Å²) in [6.45, 7) is 2.14. The number of H-pyrrole nitrogens is 1. The molecule has 1 fully saturated rings. The van der Waals surface area contributed by atoms with Crippen molar-refractivity contribution in [3.63, 3.8) is 0 Å². The zero-order valence-corrected chi connectivity index (χ0v) is 8.14. The minimum absolute atomic E-state index is 0.694. The Bertz CT molecular complexity index is 284. The number of aromatic nitrogens is 2. The second kappa shape index (κ2) is 3.40. The van der Waals surface area contributed by atoms with Crippen molar-refractivity contribution < 1.29 is 0 Å². The Balaban J connectivity index is 2.27. The number of hydrogen-bond acceptors (Lipinski definition) is 2. The van der Waals surface area contributed by atoms with Crippen LogP contribution < -0.4 is 5.73 Å². The summed E-state index contributed by atoms with van der Waals surface area (Å²) in [6.07, 6.45) is 6.30. The van der Waals surface area contributed by atoms with E-state index in [1.54, 1.807) is 0 Å². The number of anilines is 1. The van der Waals surface area contributed by atoms with Crippen molar-refractivity contribution in [2.24, 2.45) is 0 Å². The molecule has 3 N–H and O–H groups in total. The van der Waals surface area contributed by atoms with Crippen LogP contribution in [0, 0.1) is 0 Å². The topological polar surface area (TPSA) is 54.7 Å². The van der Waals surface area contributed by atoms with Crippen LogP contribution in [0.5, 0.6) is 0 Å². The Kier molecular flexibility index (Phi) is 2.25. The average Bonchev–Trinajstić information content (AvgIpc) is 2.71. The Morgan fingerprint density at radius 1 is 1.46 bits per heavy atom. The molecule has 0 spiro atoms. The van der Waals surface area contributed by atoms with Gasteiger partial charge in [0.2, 0.25) is 0 Å². The molecule has 1 aliphatic rings. The molecule has 3 heteroatoms. The molecule has 0 bridgehead atoms. The molecule has 1 aromatic rings. The maximum atomic E-state index is 5.78. The fourth-order valence-corrected chi connectivity index (χ4v) is 2.32. The highest BCUT2D eigenvalue weighted by Crippen LogP contribution is 2.35. The molecule has 0 unspecified atom stereocenters. The average molecular weight is 179 g/mol. The lowest BCUT2D eigenvalue weighted by molar-refractivity contribution is 0.685. The lowest BCUT2D eigenvalue weighted by Crippen LogP contribution is -1.98. The molecule has 0 atom stereocenters. The molecule has 0 aliphatic heterocycles. The first-order valence-corrected chi connectivity index (χ1v) is 5.15. The van der Waals surface area contributed by atoms with Crippen molar-refractivity contribution in [1.29, 1.82) is 0 Å². The Morgan fingerprint density at radius 2 is 2.15 bits per heavy atom. The van der Waals surface area contributed by atoms with Crippen LogP contribution in [-0.4, -0.2) is 10.2 Å². The van der Waals surface area contributed by atoms with E-state index in [0.29, 0.717) is 11.7 Å². The van der Waals surface area contributed by atoms with E-state index >= 15 is 0 Å². The molecule has 0 saturated heterocycles. The zero-order chi connectivity index (χ0) is 9.26. The minimum atomic E-state index is 0.694. The molecule has 3 nitrogen and oxygen atoms in total. The van der Waals surface area contributed by atoms with Gasteiger partial charge in [-0.05, 0) is 19.3 Å². The SMILES string of the molecule is CCc1c(N)n[nH]c1C1CCCC1. The molecule has 1 aromatic heterocycles. The van der Waals surface area contributed by atoms with Gasteiger partial charge < -0.3 is 5.73 Å². The number of rotatable bonds is 2. The molecular weight excluding hydrogens is 162 g/mol. The largest absolute Gasteiger partial charge is 0.382 e. The number of hydrogen-bond donors (Lipinski definition) is 2. The van der Waals surface area contributed by atoms with Crippen LogP contribution in [0.1, 0.15) is 49.8 Å². The quantitative estimate of drug-likeness (QED) is 0.731. The molecule has 2 rings (SSSR count). The van der Waals surface area contributed by atoms with Crippen molar-refractivity contribution >= 4 is 5.82 Å². The fourth-order valence-electron chi connectivity index (χ4n) is 2.32. The highest BCUT2D eigenvalue weighted by atomic mass is 15.2. The number of aromatic amines is 1. The van der Waals surface area contributed by atoms with Gasteiger partial charge in [-0.1, -0.05) is 19.8 Å².